The first kappa shape index (κ1) is 17.1. The average Bonchev–Trinajstić information content (AvgIpc) is 2.88. The highest BCUT2D eigenvalue weighted by molar-refractivity contribution is 7.10. The van der Waals surface area contributed by atoms with Crippen LogP contribution in [0, 0.1) is 12.7 Å². The number of hydrogen-bond donors (Lipinski definition) is 2. The normalized spacial score (nSPS) is 11.8. The Balaban J connectivity index is 2.00. The molecule has 1 heterocycles. The fourth-order valence-electron chi connectivity index (χ4n) is 2.19. The highest BCUT2D eigenvalue weighted by atomic mass is 32.1. The molecule has 0 unspecified atom stereocenters. The van der Waals surface area contributed by atoms with Gasteiger partial charge >= 0.3 is 0 Å². The molecule has 0 aliphatic carbocycles. The molecule has 0 fully saturated rings. The summed E-state index contributed by atoms with van der Waals surface area (Å²) >= 11 is 1.22. The van der Waals surface area contributed by atoms with Crippen molar-refractivity contribution in [1.29, 1.82) is 0 Å². The van der Waals surface area contributed by atoms with E-state index in [1.54, 1.807) is 20.9 Å². The van der Waals surface area contributed by atoms with Crippen molar-refractivity contribution in [2.24, 2.45) is 0 Å². The van der Waals surface area contributed by atoms with E-state index in [0.29, 0.717) is 21.8 Å². The molecule has 1 aromatic heterocycles. The van der Waals surface area contributed by atoms with Crippen LogP contribution in [-0.2, 0) is 0 Å². The van der Waals surface area contributed by atoms with E-state index in [-0.39, 0.29) is 30.0 Å². The quantitative estimate of drug-likeness (QED) is 0.796. The molecule has 0 aliphatic rings. The summed E-state index contributed by atoms with van der Waals surface area (Å²) in [5, 5.41) is 6.43. The second-order valence-electron chi connectivity index (χ2n) is 5.23. The van der Waals surface area contributed by atoms with E-state index in [1.165, 1.54) is 35.8 Å². The number of aromatic nitrogens is 1. The van der Waals surface area contributed by atoms with E-state index < -0.39 is 0 Å². The number of nitrogens with zero attached hydrogens (tertiary/aromatic N) is 1. The summed E-state index contributed by atoms with van der Waals surface area (Å²) in [5.74, 6) is -0.797. The number of Topliss-reactive ketones (excluding diaryl/α,β-unsaturated/α-hetero) is 1. The van der Waals surface area contributed by atoms with E-state index in [0.717, 1.165) is 0 Å². The molecular formula is C16H18FN3O2S. The summed E-state index contributed by atoms with van der Waals surface area (Å²) < 4.78 is 17.0. The van der Waals surface area contributed by atoms with E-state index in [4.69, 9.17) is 0 Å². The van der Waals surface area contributed by atoms with Crippen molar-refractivity contribution in [3.63, 3.8) is 0 Å². The van der Waals surface area contributed by atoms with Crippen molar-refractivity contribution in [3.05, 3.63) is 46.9 Å². The Labute approximate surface area is 138 Å². The van der Waals surface area contributed by atoms with Crippen molar-refractivity contribution in [2.75, 3.05) is 12.4 Å². The van der Waals surface area contributed by atoms with Gasteiger partial charge in [0.2, 0.25) is 0 Å². The third-order valence-corrected chi connectivity index (χ3v) is 4.31. The van der Waals surface area contributed by atoms with Crippen LogP contribution in [-0.4, -0.2) is 29.2 Å². The average molecular weight is 335 g/mol. The molecule has 0 aliphatic heterocycles. The van der Waals surface area contributed by atoms with Crippen LogP contribution >= 0.6 is 11.5 Å². The number of ketones is 1. The molecule has 1 aromatic carbocycles. The maximum Gasteiger partial charge on any atom is 0.256 e. The van der Waals surface area contributed by atoms with E-state index in [1.807, 2.05) is 0 Å². The molecule has 5 nitrogen and oxygen atoms in total. The number of halogens is 1. The van der Waals surface area contributed by atoms with Crippen LogP contribution in [0.4, 0.5) is 9.39 Å². The molecule has 0 bridgehead atoms. The Morgan fingerprint density at radius 1 is 1.30 bits per heavy atom. The standard InChI is InChI=1S/C16H18FN3O2S/c1-9(8-13(21)11-4-6-12(17)7-5-11)19-15(22)14-10(2)20-23-16(14)18-3/h4-7,9,18H,8H2,1-3H3,(H,19,22)/t9-/m1/s1. The number of rotatable bonds is 6. The maximum absolute atomic E-state index is 12.9. The highest BCUT2D eigenvalue weighted by Crippen LogP contribution is 2.23. The minimum absolute atomic E-state index is 0.142. The molecule has 23 heavy (non-hydrogen) atoms. The molecule has 1 atom stereocenters. The summed E-state index contributed by atoms with van der Waals surface area (Å²) in [5.41, 5.74) is 1.57. The smallest absolute Gasteiger partial charge is 0.256 e. The first-order valence-electron chi connectivity index (χ1n) is 7.16. The van der Waals surface area contributed by atoms with Crippen LogP contribution in [0.1, 0.15) is 39.8 Å². The highest BCUT2D eigenvalue weighted by Gasteiger charge is 2.20. The van der Waals surface area contributed by atoms with Gasteiger partial charge in [0.1, 0.15) is 10.8 Å². The fraction of sp³-hybridized carbons (Fsp3) is 0.312. The number of aryl methyl sites for hydroxylation is 1. The van der Waals surface area contributed by atoms with Crippen molar-refractivity contribution in [2.45, 2.75) is 26.3 Å². The van der Waals surface area contributed by atoms with Gasteiger partial charge in [-0.2, -0.15) is 4.37 Å². The lowest BCUT2D eigenvalue weighted by Gasteiger charge is -2.14. The van der Waals surface area contributed by atoms with Crippen LogP contribution in [0.3, 0.4) is 0 Å². The minimum atomic E-state index is -0.386. The molecule has 2 rings (SSSR count). The number of nitrogens with one attached hydrogen (secondary N) is 2. The summed E-state index contributed by atoms with van der Waals surface area (Å²) in [4.78, 5) is 24.5. The van der Waals surface area contributed by atoms with E-state index in [9.17, 15) is 14.0 Å². The van der Waals surface area contributed by atoms with Gasteiger partial charge in [0.25, 0.3) is 5.91 Å². The summed E-state index contributed by atoms with van der Waals surface area (Å²) in [6.07, 6.45) is 0.142. The summed E-state index contributed by atoms with van der Waals surface area (Å²) in [7, 11) is 1.73. The number of anilines is 1. The van der Waals surface area contributed by atoms with Gasteiger partial charge in [0.15, 0.2) is 5.78 Å². The third kappa shape index (κ3) is 4.13. The predicted octanol–water partition coefficient (Wildman–Crippen LogP) is 3.02. The Morgan fingerprint density at radius 3 is 2.57 bits per heavy atom. The second-order valence-corrected chi connectivity index (χ2v) is 6.00. The largest absolute Gasteiger partial charge is 0.378 e. The topological polar surface area (TPSA) is 71.1 Å². The SMILES string of the molecule is CNc1snc(C)c1C(=O)N[C@H](C)CC(=O)c1ccc(F)cc1. The number of carbonyl (C=O) groups excluding carboxylic acids is 2. The number of benzene rings is 1. The van der Waals surface area contributed by atoms with Gasteiger partial charge in [-0.05, 0) is 49.6 Å². The summed E-state index contributed by atoms with van der Waals surface area (Å²) in [6, 6.07) is 5.03. The van der Waals surface area contributed by atoms with E-state index in [2.05, 4.69) is 15.0 Å². The Hall–Kier alpha value is -2.28. The molecule has 1 amide bonds. The molecule has 122 valence electrons. The van der Waals surface area contributed by atoms with Crippen molar-refractivity contribution in [3.8, 4) is 0 Å². The van der Waals surface area contributed by atoms with Crippen LogP contribution in [0.15, 0.2) is 24.3 Å². The molecule has 0 saturated heterocycles. The first-order valence-corrected chi connectivity index (χ1v) is 7.93. The third-order valence-electron chi connectivity index (χ3n) is 3.35. The lowest BCUT2D eigenvalue weighted by Crippen LogP contribution is -2.34. The molecule has 2 aromatic rings. The maximum atomic E-state index is 12.9. The van der Waals surface area contributed by atoms with Gasteiger partial charge in [-0.3, -0.25) is 9.59 Å². The fourth-order valence-corrected chi connectivity index (χ4v) is 2.93. The second kappa shape index (κ2) is 7.32. The molecule has 0 radical (unpaired) electrons. The lowest BCUT2D eigenvalue weighted by atomic mass is 10.0. The zero-order chi connectivity index (χ0) is 17.0. The lowest BCUT2D eigenvalue weighted by molar-refractivity contribution is 0.0918. The van der Waals surface area contributed by atoms with Gasteiger partial charge in [0.05, 0.1) is 11.3 Å². The van der Waals surface area contributed by atoms with Gasteiger partial charge in [-0.1, -0.05) is 0 Å². The van der Waals surface area contributed by atoms with E-state index >= 15 is 0 Å². The Morgan fingerprint density at radius 2 is 1.96 bits per heavy atom. The van der Waals surface area contributed by atoms with Crippen LogP contribution in [0.25, 0.3) is 0 Å². The van der Waals surface area contributed by atoms with Crippen LogP contribution < -0.4 is 10.6 Å². The van der Waals surface area contributed by atoms with Crippen molar-refractivity contribution >= 4 is 28.2 Å². The minimum Gasteiger partial charge on any atom is -0.378 e. The zero-order valence-corrected chi connectivity index (χ0v) is 14.0. The zero-order valence-electron chi connectivity index (χ0n) is 13.1. The van der Waals surface area contributed by atoms with Crippen LogP contribution in [0.2, 0.25) is 0 Å². The first-order chi connectivity index (χ1) is 10.9. The number of amides is 1. The van der Waals surface area contributed by atoms with Crippen molar-refractivity contribution in [1.82, 2.24) is 9.69 Å². The van der Waals surface area contributed by atoms with Crippen molar-refractivity contribution < 1.29 is 14.0 Å². The van der Waals surface area contributed by atoms with Gasteiger partial charge in [-0.25, -0.2) is 4.39 Å². The molecule has 0 spiro atoms. The van der Waals surface area contributed by atoms with Gasteiger partial charge in [0, 0.05) is 25.1 Å². The monoisotopic (exact) mass is 335 g/mol. The Bertz CT molecular complexity index is 713. The molecule has 7 heteroatoms. The van der Waals surface area contributed by atoms with Crippen LogP contribution in [0.5, 0.6) is 0 Å². The van der Waals surface area contributed by atoms with Gasteiger partial charge in [-0.15, -0.1) is 0 Å². The molecule has 0 saturated carbocycles. The summed E-state index contributed by atoms with van der Waals surface area (Å²) in [6.45, 7) is 3.52. The Kier molecular flexibility index (Phi) is 5.44. The predicted molar refractivity (Wildman–Crippen MR) is 88.7 cm³/mol. The molecular weight excluding hydrogens is 317 g/mol. The molecule has 2 N–H and O–H groups in total. The number of hydrogen-bond acceptors (Lipinski definition) is 5. The van der Waals surface area contributed by atoms with Gasteiger partial charge < -0.3 is 10.6 Å². The number of carbonyl (C=O) groups is 2.